The molecule has 1 aromatic rings. The monoisotopic (exact) mass is 250 g/mol. The van der Waals surface area contributed by atoms with Gasteiger partial charge in [0.05, 0.1) is 10.5 Å². The highest BCUT2D eigenvalue weighted by atomic mass is 16.6. The van der Waals surface area contributed by atoms with Crippen molar-refractivity contribution in [3.8, 4) is 6.07 Å². The molecule has 0 saturated heterocycles. The zero-order valence-corrected chi connectivity index (χ0v) is 10.2. The van der Waals surface area contributed by atoms with E-state index in [1.807, 2.05) is 0 Å². The van der Waals surface area contributed by atoms with Crippen LogP contribution in [0.2, 0.25) is 0 Å². The van der Waals surface area contributed by atoms with Crippen LogP contribution in [0.5, 0.6) is 0 Å². The standard InChI is InChI=1S/C11H14N4O3/c1-11(2,3-4-16)14-10-9(15(17)18)5-8(6-12)7-13-10/h5,7,16H,3-4H2,1-2H3,(H,13,14). The van der Waals surface area contributed by atoms with Crippen molar-refractivity contribution in [1.82, 2.24) is 4.98 Å². The largest absolute Gasteiger partial charge is 0.396 e. The van der Waals surface area contributed by atoms with Crippen LogP contribution in [-0.2, 0) is 0 Å². The van der Waals surface area contributed by atoms with E-state index in [4.69, 9.17) is 10.4 Å². The summed E-state index contributed by atoms with van der Waals surface area (Å²) >= 11 is 0. The molecular weight excluding hydrogens is 236 g/mol. The molecule has 1 heterocycles. The van der Waals surface area contributed by atoms with E-state index in [1.54, 1.807) is 19.9 Å². The average molecular weight is 250 g/mol. The van der Waals surface area contributed by atoms with Crippen molar-refractivity contribution in [2.75, 3.05) is 11.9 Å². The fourth-order valence-electron chi connectivity index (χ4n) is 1.41. The summed E-state index contributed by atoms with van der Waals surface area (Å²) in [5.74, 6) is 0.0949. The number of nitriles is 1. The third-order valence-corrected chi connectivity index (χ3v) is 2.39. The summed E-state index contributed by atoms with van der Waals surface area (Å²) in [6, 6.07) is 2.97. The van der Waals surface area contributed by atoms with E-state index in [0.29, 0.717) is 6.42 Å². The Balaban J connectivity index is 3.10. The number of nitrogens with one attached hydrogen (secondary N) is 1. The third kappa shape index (κ3) is 3.40. The molecule has 0 unspecified atom stereocenters. The zero-order valence-electron chi connectivity index (χ0n) is 10.2. The Hall–Kier alpha value is -2.20. The van der Waals surface area contributed by atoms with E-state index in [0.717, 1.165) is 0 Å². The van der Waals surface area contributed by atoms with E-state index in [2.05, 4.69) is 10.3 Å². The fraction of sp³-hybridized carbons (Fsp3) is 0.455. The topological polar surface area (TPSA) is 112 Å². The second kappa shape index (κ2) is 5.42. The van der Waals surface area contributed by atoms with Gasteiger partial charge in [-0.2, -0.15) is 5.26 Å². The number of rotatable bonds is 5. The first-order valence-electron chi connectivity index (χ1n) is 5.33. The SMILES string of the molecule is CC(C)(CCO)Nc1ncc(C#N)cc1[N+](=O)[O-]. The molecule has 0 aliphatic heterocycles. The van der Waals surface area contributed by atoms with Crippen LogP contribution in [0.4, 0.5) is 11.5 Å². The van der Waals surface area contributed by atoms with Gasteiger partial charge in [-0.05, 0) is 20.3 Å². The van der Waals surface area contributed by atoms with Crippen LogP contribution in [0.1, 0.15) is 25.8 Å². The summed E-state index contributed by atoms with van der Waals surface area (Å²) < 4.78 is 0. The second-order valence-electron chi connectivity index (χ2n) is 4.44. The third-order valence-electron chi connectivity index (χ3n) is 2.39. The molecule has 0 atom stereocenters. The Kier molecular flexibility index (Phi) is 4.18. The minimum atomic E-state index is -0.592. The van der Waals surface area contributed by atoms with Crippen LogP contribution in [0.25, 0.3) is 0 Å². The zero-order chi connectivity index (χ0) is 13.8. The number of pyridine rings is 1. The molecule has 7 nitrogen and oxygen atoms in total. The minimum Gasteiger partial charge on any atom is -0.396 e. The highest BCUT2D eigenvalue weighted by molar-refractivity contribution is 5.59. The number of anilines is 1. The van der Waals surface area contributed by atoms with Gasteiger partial charge in [0.2, 0.25) is 5.82 Å². The summed E-state index contributed by atoms with van der Waals surface area (Å²) in [6.45, 7) is 3.56. The van der Waals surface area contributed by atoms with Crippen LogP contribution >= 0.6 is 0 Å². The quantitative estimate of drug-likeness (QED) is 0.604. The van der Waals surface area contributed by atoms with E-state index < -0.39 is 10.5 Å². The van der Waals surface area contributed by atoms with Crippen molar-refractivity contribution in [2.45, 2.75) is 25.8 Å². The normalized spacial score (nSPS) is 10.8. The van der Waals surface area contributed by atoms with Gasteiger partial charge in [-0.25, -0.2) is 4.98 Å². The Morgan fingerprint density at radius 2 is 2.33 bits per heavy atom. The van der Waals surface area contributed by atoms with Gasteiger partial charge in [0, 0.05) is 24.4 Å². The number of aliphatic hydroxyl groups excluding tert-OH is 1. The smallest absolute Gasteiger partial charge is 0.312 e. The van der Waals surface area contributed by atoms with Gasteiger partial charge in [-0.1, -0.05) is 0 Å². The van der Waals surface area contributed by atoms with Gasteiger partial charge in [0.15, 0.2) is 0 Å². The van der Waals surface area contributed by atoms with E-state index >= 15 is 0 Å². The summed E-state index contributed by atoms with van der Waals surface area (Å²) in [4.78, 5) is 14.2. The summed E-state index contributed by atoms with van der Waals surface area (Å²) in [5, 5.41) is 31.4. The molecule has 0 aromatic carbocycles. The number of nitro groups is 1. The van der Waals surface area contributed by atoms with Gasteiger partial charge >= 0.3 is 5.69 Å². The van der Waals surface area contributed by atoms with Crippen LogP contribution in [0.3, 0.4) is 0 Å². The number of aromatic nitrogens is 1. The van der Waals surface area contributed by atoms with Crippen molar-refractivity contribution < 1.29 is 10.0 Å². The highest BCUT2D eigenvalue weighted by Crippen LogP contribution is 2.26. The Morgan fingerprint density at radius 1 is 1.67 bits per heavy atom. The van der Waals surface area contributed by atoms with E-state index in [-0.39, 0.29) is 23.7 Å². The molecule has 18 heavy (non-hydrogen) atoms. The lowest BCUT2D eigenvalue weighted by Crippen LogP contribution is -2.32. The summed E-state index contributed by atoms with van der Waals surface area (Å²) in [5.41, 5.74) is -0.645. The molecule has 0 aliphatic carbocycles. The lowest BCUT2D eigenvalue weighted by molar-refractivity contribution is -0.384. The maximum absolute atomic E-state index is 10.9. The van der Waals surface area contributed by atoms with Crippen LogP contribution in [-0.4, -0.2) is 27.2 Å². The Bertz CT molecular complexity index is 494. The van der Waals surface area contributed by atoms with E-state index in [1.165, 1.54) is 12.3 Å². The predicted molar refractivity (Wildman–Crippen MR) is 65.0 cm³/mol. The predicted octanol–water partition coefficient (Wildman–Crippen LogP) is 1.43. The second-order valence-corrected chi connectivity index (χ2v) is 4.44. The van der Waals surface area contributed by atoms with Crippen molar-refractivity contribution in [1.29, 1.82) is 5.26 Å². The highest BCUT2D eigenvalue weighted by Gasteiger charge is 2.23. The lowest BCUT2D eigenvalue weighted by atomic mass is 10.0. The molecule has 96 valence electrons. The molecule has 0 radical (unpaired) electrons. The summed E-state index contributed by atoms with van der Waals surface area (Å²) in [7, 11) is 0. The van der Waals surface area contributed by atoms with Gasteiger partial charge in [0.1, 0.15) is 6.07 Å². The molecule has 0 spiro atoms. The molecule has 7 heteroatoms. The van der Waals surface area contributed by atoms with Crippen molar-refractivity contribution in [2.24, 2.45) is 0 Å². The van der Waals surface area contributed by atoms with Crippen LogP contribution in [0, 0.1) is 21.4 Å². The first-order chi connectivity index (χ1) is 8.39. The van der Waals surface area contributed by atoms with Crippen molar-refractivity contribution >= 4 is 11.5 Å². The number of hydrogen-bond acceptors (Lipinski definition) is 6. The van der Waals surface area contributed by atoms with Crippen molar-refractivity contribution in [3.63, 3.8) is 0 Å². The van der Waals surface area contributed by atoms with Gasteiger partial charge in [0.25, 0.3) is 0 Å². The van der Waals surface area contributed by atoms with Gasteiger partial charge in [-0.15, -0.1) is 0 Å². The molecular formula is C11H14N4O3. The Morgan fingerprint density at radius 3 is 2.83 bits per heavy atom. The molecule has 0 aliphatic rings. The minimum absolute atomic E-state index is 0.0376. The average Bonchev–Trinajstić information content (AvgIpc) is 2.28. The number of hydrogen-bond donors (Lipinski definition) is 2. The number of nitrogens with zero attached hydrogens (tertiary/aromatic N) is 3. The molecule has 0 amide bonds. The maximum atomic E-state index is 10.9. The molecule has 0 bridgehead atoms. The maximum Gasteiger partial charge on any atom is 0.312 e. The molecule has 0 fully saturated rings. The fourth-order valence-corrected chi connectivity index (χ4v) is 1.41. The van der Waals surface area contributed by atoms with E-state index in [9.17, 15) is 10.1 Å². The molecule has 1 aromatic heterocycles. The summed E-state index contributed by atoms with van der Waals surface area (Å²) in [6.07, 6.45) is 1.69. The molecule has 2 N–H and O–H groups in total. The Labute approximate surface area is 104 Å². The first kappa shape index (κ1) is 13.9. The molecule has 1 rings (SSSR count). The lowest BCUT2D eigenvalue weighted by Gasteiger charge is -2.25. The van der Waals surface area contributed by atoms with Gasteiger partial charge in [-0.3, -0.25) is 10.1 Å². The van der Waals surface area contributed by atoms with Crippen LogP contribution in [0.15, 0.2) is 12.3 Å². The van der Waals surface area contributed by atoms with Crippen LogP contribution < -0.4 is 5.32 Å². The van der Waals surface area contributed by atoms with Crippen molar-refractivity contribution in [3.05, 3.63) is 27.9 Å². The first-order valence-corrected chi connectivity index (χ1v) is 5.33. The number of aliphatic hydroxyl groups is 1. The molecule has 0 saturated carbocycles. The van der Waals surface area contributed by atoms with Gasteiger partial charge < -0.3 is 10.4 Å².